The number of aromatic nitrogens is 2. The fraction of sp³-hybridized carbons (Fsp3) is 0.146. The molecule has 4 aliphatic carbocycles. The van der Waals surface area contributed by atoms with Crippen molar-refractivity contribution in [1.82, 2.24) is 9.13 Å². The summed E-state index contributed by atoms with van der Waals surface area (Å²) < 4.78 is 5.05. The highest BCUT2D eigenvalue weighted by molar-refractivity contribution is 7.24. The summed E-state index contributed by atoms with van der Waals surface area (Å²) >= 11 is 6.51. The Hall–Kier alpha value is -11.0. The molecular formula is C89H68N4O4S4. The lowest BCUT2D eigenvalue weighted by molar-refractivity contribution is -0.133. The fourth-order valence-corrected chi connectivity index (χ4v) is 20.4. The molecule has 492 valence electrons. The van der Waals surface area contributed by atoms with Crippen LogP contribution in [0.3, 0.4) is 0 Å². The van der Waals surface area contributed by atoms with E-state index < -0.39 is 11.9 Å². The second-order valence-electron chi connectivity index (χ2n) is 27.3. The fourth-order valence-electron chi connectivity index (χ4n) is 16.3. The maximum Gasteiger partial charge on any atom is 0.346 e. The summed E-state index contributed by atoms with van der Waals surface area (Å²) in [5.41, 5.74) is 28.2. The van der Waals surface area contributed by atoms with Crippen LogP contribution >= 0.6 is 45.3 Å². The number of aliphatic carboxylic acids is 2. The molecule has 4 aliphatic rings. The Morgan fingerprint density at radius 3 is 1.37 bits per heavy atom. The second kappa shape index (κ2) is 25.3. The maximum absolute atomic E-state index is 11.4. The minimum Gasteiger partial charge on any atom is -0.477 e. The van der Waals surface area contributed by atoms with E-state index >= 15 is 0 Å². The summed E-state index contributed by atoms with van der Waals surface area (Å²) in [4.78, 5) is 31.0. The van der Waals surface area contributed by atoms with E-state index in [-0.39, 0.29) is 29.4 Å². The molecule has 0 fully saturated rings. The first kappa shape index (κ1) is 64.7. The molecule has 0 bridgehead atoms. The molecule has 0 unspecified atom stereocenters. The molecule has 8 aromatic carbocycles. The normalized spacial score (nSPS) is 14.2. The lowest BCUT2D eigenvalue weighted by Gasteiger charge is -2.22. The van der Waals surface area contributed by atoms with Gasteiger partial charge in [-0.25, -0.2) is 9.59 Å². The van der Waals surface area contributed by atoms with Gasteiger partial charge >= 0.3 is 11.9 Å². The van der Waals surface area contributed by atoms with Gasteiger partial charge in [0.15, 0.2) is 0 Å². The zero-order chi connectivity index (χ0) is 68.3. The summed E-state index contributed by atoms with van der Waals surface area (Å²) in [6, 6.07) is 83.0. The monoisotopic (exact) mass is 1380 g/mol. The van der Waals surface area contributed by atoms with Gasteiger partial charge < -0.3 is 19.3 Å². The molecule has 0 atom stereocenters. The lowest BCUT2D eigenvalue weighted by atomic mass is 9.82. The number of benzene rings is 8. The van der Waals surface area contributed by atoms with Crippen LogP contribution in [-0.2, 0) is 46.1 Å². The Balaban J connectivity index is 0.000000155. The van der Waals surface area contributed by atoms with Crippen LogP contribution in [0.4, 0.5) is 0 Å². The molecule has 18 rings (SSSR count). The number of rotatable bonds is 12. The molecule has 0 saturated heterocycles. The number of carboxylic acids is 2. The topological polar surface area (TPSA) is 132 Å². The lowest BCUT2D eigenvalue weighted by Crippen LogP contribution is -2.15. The molecule has 6 heterocycles. The average molecular weight is 1390 g/mol. The van der Waals surface area contributed by atoms with Gasteiger partial charge in [-0.05, 0) is 231 Å². The number of nitrogens with zero attached hydrogens (tertiary/aromatic N) is 4. The highest BCUT2D eigenvalue weighted by Gasteiger charge is 2.38. The quantitative estimate of drug-likeness (QED) is 0.0925. The van der Waals surface area contributed by atoms with Crippen molar-refractivity contribution < 1.29 is 19.8 Å². The predicted octanol–water partition coefficient (Wildman–Crippen LogP) is 23.7. The van der Waals surface area contributed by atoms with Crippen LogP contribution in [0.25, 0.3) is 130 Å². The van der Waals surface area contributed by atoms with Crippen molar-refractivity contribution in [2.45, 2.75) is 84.5 Å². The third-order valence-electron chi connectivity index (χ3n) is 20.8. The summed E-state index contributed by atoms with van der Waals surface area (Å²) in [5.74, 6) is -2.42. The van der Waals surface area contributed by atoms with Crippen molar-refractivity contribution in [2.24, 2.45) is 0 Å². The molecule has 6 aromatic heterocycles. The van der Waals surface area contributed by atoms with Crippen molar-refractivity contribution in [1.29, 1.82) is 10.5 Å². The van der Waals surface area contributed by atoms with Crippen LogP contribution in [0.15, 0.2) is 230 Å². The van der Waals surface area contributed by atoms with Crippen molar-refractivity contribution in [3.05, 3.63) is 284 Å². The second-order valence-corrected chi connectivity index (χ2v) is 31.7. The van der Waals surface area contributed by atoms with Gasteiger partial charge in [-0.2, -0.15) is 10.5 Å². The van der Waals surface area contributed by atoms with Gasteiger partial charge in [-0.3, -0.25) is 0 Å². The van der Waals surface area contributed by atoms with E-state index in [1.54, 1.807) is 34.8 Å². The number of carbonyl (C=O) groups is 2. The first-order valence-electron chi connectivity index (χ1n) is 33.8. The molecule has 0 saturated carbocycles. The summed E-state index contributed by atoms with van der Waals surface area (Å²) in [5, 5.41) is 39.8. The number of aryl methyl sites for hydroxylation is 4. The summed E-state index contributed by atoms with van der Waals surface area (Å²) in [6.45, 7) is 9.39. The molecule has 0 amide bonds. The minimum absolute atomic E-state index is 0. The standard InChI is InChI=1S/2C44H32N2O2S2.CH4/c1-44(2)35-14-7-6-12-32(35)33-17-15-30(24-36(33)44)46-37-23-28(21-27-11-8-13-34(41(27)37)42(46)26-9-4-3-5-10-26)38-19-20-40(50-38)39-18-16-31(49-39)22-29(25-45)43(47)48;1-44(2)35-14-7-6-11-30(35)31-17-15-28(24-36(31)44)46-37-19-18-32(33-12-8-13-34(41(33)37)42(46)26-9-4-3-5-10-26)38-21-22-40(50-38)39-20-16-29(49-39)23-27(25-45)43(47)48;/h3-7,9-10,12,14-24H,8,11,13H2,1-2H3,(H,47,48);3-7,9-11,14-24H,8,12-13H2,1-2H3,(H,47,48);1H4/b29-22+;27-23+;. The van der Waals surface area contributed by atoms with E-state index in [2.05, 4.69) is 231 Å². The van der Waals surface area contributed by atoms with E-state index in [1.807, 2.05) is 24.3 Å². The van der Waals surface area contributed by atoms with Crippen LogP contribution in [0.5, 0.6) is 0 Å². The minimum atomic E-state index is -1.21. The number of carboxylic acid groups (broad SMARTS) is 2. The van der Waals surface area contributed by atoms with E-state index in [0.717, 1.165) is 67.8 Å². The predicted molar refractivity (Wildman–Crippen MR) is 419 cm³/mol. The molecule has 0 aliphatic heterocycles. The van der Waals surface area contributed by atoms with Crippen LogP contribution in [0.2, 0.25) is 0 Å². The van der Waals surface area contributed by atoms with Crippen LogP contribution in [-0.4, -0.2) is 31.3 Å². The van der Waals surface area contributed by atoms with Gasteiger partial charge in [0.25, 0.3) is 0 Å². The van der Waals surface area contributed by atoms with E-state index in [9.17, 15) is 30.3 Å². The smallest absolute Gasteiger partial charge is 0.346 e. The Kier molecular flexibility index (Phi) is 16.2. The average Bonchev–Trinajstić information content (AvgIpc) is 1.57. The molecule has 12 heteroatoms. The first-order valence-corrected chi connectivity index (χ1v) is 37.0. The maximum atomic E-state index is 11.4. The van der Waals surface area contributed by atoms with E-state index in [1.165, 1.54) is 178 Å². The van der Waals surface area contributed by atoms with Gasteiger partial charge in [0.2, 0.25) is 0 Å². The van der Waals surface area contributed by atoms with Crippen LogP contribution < -0.4 is 0 Å². The third kappa shape index (κ3) is 10.8. The van der Waals surface area contributed by atoms with Gasteiger partial charge in [0.1, 0.15) is 23.3 Å². The Morgan fingerprint density at radius 1 is 0.406 bits per heavy atom. The van der Waals surface area contributed by atoms with Gasteiger partial charge in [0.05, 0.1) is 22.4 Å². The number of nitriles is 2. The van der Waals surface area contributed by atoms with Crippen molar-refractivity contribution in [3.8, 4) is 109 Å². The van der Waals surface area contributed by atoms with E-state index in [0.29, 0.717) is 0 Å². The summed E-state index contributed by atoms with van der Waals surface area (Å²) in [7, 11) is 0. The molecule has 2 N–H and O–H groups in total. The van der Waals surface area contributed by atoms with Crippen molar-refractivity contribution >= 4 is 91.2 Å². The molecule has 101 heavy (non-hydrogen) atoms. The highest BCUT2D eigenvalue weighted by atomic mass is 32.1. The molecule has 8 nitrogen and oxygen atoms in total. The number of thiophene rings is 4. The SMILES string of the molecule is C.CC1(C)c2ccccc2-c2ccc(-n3c(-c4ccccc4)c4c5c(c(-c6ccc(-c7ccc(/C=C(\C#N)C(=O)O)s7)s6)ccc53)CCC4)cc21.CC1(C)c2ccccc2-c2ccc(-n3c(-c4ccccc4)c4c5c(cc(-c6ccc(-c7ccc(/C=C(\C#N)C(=O)O)s7)s6)cc53)CCC4)cc21. The summed E-state index contributed by atoms with van der Waals surface area (Å²) in [6.07, 6.45) is 9.26. The Labute approximate surface area is 603 Å². The molecule has 0 radical (unpaired) electrons. The van der Waals surface area contributed by atoms with Crippen molar-refractivity contribution in [2.75, 3.05) is 0 Å². The van der Waals surface area contributed by atoms with Gasteiger partial charge in [-0.1, -0.05) is 163 Å². The van der Waals surface area contributed by atoms with E-state index in [4.69, 9.17) is 0 Å². The Bertz CT molecular complexity index is 5860. The zero-order valence-corrected chi connectivity index (χ0v) is 58.6. The molecular weight excluding hydrogens is 1320 g/mol. The highest BCUT2D eigenvalue weighted by Crippen LogP contribution is 2.54. The Morgan fingerprint density at radius 2 is 0.832 bits per heavy atom. The number of hydrogen-bond donors (Lipinski definition) is 2. The zero-order valence-electron chi connectivity index (χ0n) is 55.3. The number of hydrogen-bond acceptors (Lipinski definition) is 8. The third-order valence-corrected chi connectivity index (χ3v) is 25.6. The van der Waals surface area contributed by atoms with Crippen LogP contribution in [0.1, 0.15) is 102 Å². The first-order chi connectivity index (χ1) is 48.6. The van der Waals surface area contributed by atoms with Gasteiger partial charge in [0, 0.05) is 72.0 Å². The molecule has 14 aromatic rings. The van der Waals surface area contributed by atoms with Gasteiger partial charge in [-0.15, -0.1) is 45.3 Å². The largest absolute Gasteiger partial charge is 0.477 e. The van der Waals surface area contributed by atoms with Crippen LogP contribution in [0, 0.1) is 22.7 Å². The van der Waals surface area contributed by atoms with Crippen molar-refractivity contribution in [3.63, 3.8) is 0 Å². The number of fused-ring (bicyclic) bond motifs is 6. The molecule has 0 spiro atoms.